The molecule has 0 radical (unpaired) electrons. The molecule has 1 saturated heterocycles. The van der Waals surface area contributed by atoms with Gasteiger partial charge in [0.2, 0.25) is 5.91 Å². The van der Waals surface area contributed by atoms with E-state index in [0.29, 0.717) is 33.5 Å². The molecule has 2 amide bonds. The molecule has 0 bridgehead atoms. The Morgan fingerprint density at radius 2 is 2.23 bits per heavy atom. The van der Waals surface area contributed by atoms with E-state index in [1.165, 1.54) is 23.1 Å². The largest absolute Gasteiger partial charge is 0.374 e. The maximum Gasteiger partial charge on any atom is 0.284 e. The Labute approximate surface area is 193 Å². The second-order valence-electron chi connectivity index (χ2n) is 6.88. The number of hydrogen-bond acceptors (Lipinski definition) is 8. The molecule has 2 aliphatic rings. The van der Waals surface area contributed by atoms with E-state index in [2.05, 4.69) is 15.2 Å². The van der Waals surface area contributed by atoms with Crippen molar-refractivity contribution in [1.29, 1.82) is 0 Å². The molecule has 1 aliphatic heterocycles. The van der Waals surface area contributed by atoms with Gasteiger partial charge in [0.15, 0.2) is 4.34 Å². The van der Waals surface area contributed by atoms with Gasteiger partial charge in [0.25, 0.3) is 5.91 Å². The summed E-state index contributed by atoms with van der Waals surface area (Å²) in [4.78, 5) is 30.0. The predicted octanol–water partition coefficient (Wildman–Crippen LogP) is 1.92. The molecule has 0 aromatic carbocycles. The second kappa shape index (κ2) is 11.5. The summed E-state index contributed by atoms with van der Waals surface area (Å²) in [7, 11) is 0. The number of rotatable bonds is 8. The Kier molecular flexibility index (Phi) is 8.99. The van der Waals surface area contributed by atoms with Gasteiger partial charge in [-0.05, 0) is 12.3 Å². The highest BCUT2D eigenvalue weighted by atomic mass is 35.5. The summed E-state index contributed by atoms with van der Waals surface area (Å²) in [5.74, 6) is 5.06. The molecule has 3 rings (SSSR count). The van der Waals surface area contributed by atoms with Crippen LogP contribution in [0.1, 0.15) is 16.9 Å². The molecule has 2 atom stereocenters. The summed E-state index contributed by atoms with van der Waals surface area (Å²) in [5, 5.41) is 5.73. The van der Waals surface area contributed by atoms with Crippen molar-refractivity contribution in [3.05, 3.63) is 33.3 Å². The average molecular weight is 492 g/mol. The third kappa shape index (κ3) is 6.94. The third-order valence-corrected chi connectivity index (χ3v) is 7.43. The van der Waals surface area contributed by atoms with Crippen LogP contribution < -0.4 is 16.6 Å². The molecule has 4 N–H and O–H groups in total. The number of nitrogens with zero attached hydrogens (tertiary/aromatic N) is 2. The van der Waals surface area contributed by atoms with Gasteiger partial charge in [-0.2, -0.15) is 0 Å². The normalized spacial score (nSPS) is 22.2. The standard InChI is InChI=1S/C18H23Cl2N5O3S2/c19-13-2-1-11(5-14(13)20)7-25-3-4-28-12(8-25)6-22-16(26)10-30-18-23-15(9-29-18)17(27)24-21/h2,5,9,11-12H,1,3-4,6-8,10,21H2,(H,22,26)(H,24,27)/t11?,12-/m0/s1. The van der Waals surface area contributed by atoms with Gasteiger partial charge in [0.05, 0.1) is 28.5 Å². The maximum atomic E-state index is 12.2. The zero-order valence-electron chi connectivity index (χ0n) is 16.1. The number of amides is 2. The lowest BCUT2D eigenvalue weighted by molar-refractivity contribution is -0.119. The highest BCUT2D eigenvalue weighted by Gasteiger charge is 2.24. The summed E-state index contributed by atoms with van der Waals surface area (Å²) in [6.45, 7) is 3.55. The molecule has 1 unspecified atom stereocenters. The van der Waals surface area contributed by atoms with Crippen molar-refractivity contribution in [2.45, 2.75) is 16.9 Å². The fourth-order valence-electron chi connectivity index (χ4n) is 3.14. The fraction of sp³-hybridized carbons (Fsp3) is 0.500. The first kappa shape index (κ1) is 23.5. The maximum absolute atomic E-state index is 12.2. The lowest BCUT2D eigenvalue weighted by Crippen LogP contribution is -2.48. The summed E-state index contributed by atoms with van der Waals surface area (Å²) in [6.07, 6.45) is 4.78. The minimum absolute atomic E-state index is 0.0606. The summed E-state index contributed by atoms with van der Waals surface area (Å²) in [5.41, 5.74) is 2.27. The van der Waals surface area contributed by atoms with Gasteiger partial charge < -0.3 is 10.1 Å². The van der Waals surface area contributed by atoms with Crippen LogP contribution >= 0.6 is 46.3 Å². The van der Waals surface area contributed by atoms with Gasteiger partial charge in [-0.15, -0.1) is 11.3 Å². The van der Waals surface area contributed by atoms with Gasteiger partial charge in [0, 0.05) is 31.6 Å². The number of thiazole rings is 1. The fourth-order valence-corrected chi connectivity index (χ4v) is 5.19. The minimum Gasteiger partial charge on any atom is -0.374 e. The van der Waals surface area contributed by atoms with E-state index < -0.39 is 5.91 Å². The summed E-state index contributed by atoms with van der Waals surface area (Å²) >= 11 is 14.7. The number of carbonyl (C=O) groups is 2. The molecule has 1 fully saturated rings. The number of aromatic nitrogens is 1. The molecule has 2 heterocycles. The first-order valence-electron chi connectivity index (χ1n) is 9.38. The summed E-state index contributed by atoms with van der Waals surface area (Å²) < 4.78 is 6.42. The Bertz CT molecular complexity index is 832. The molecule has 30 heavy (non-hydrogen) atoms. The Balaban J connectivity index is 1.37. The molecule has 1 aromatic heterocycles. The topological polar surface area (TPSA) is 110 Å². The van der Waals surface area contributed by atoms with Gasteiger partial charge in [-0.1, -0.05) is 47.1 Å². The van der Waals surface area contributed by atoms with Crippen molar-refractivity contribution in [2.24, 2.45) is 11.8 Å². The van der Waals surface area contributed by atoms with Crippen molar-refractivity contribution in [1.82, 2.24) is 20.6 Å². The molecule has 0 saturated carbocycles. The smallest absolute Gasteiger partial charge is 0.284 e. The third-order valence-electron chi connectivity index (χ3n) is 4.63. The summed E-state index contributed by atoms with van der Waals surface area (Å²) in [6, 6.07) is 0. The number of thioether (sulfide) groups is 1. The van der Waals surface area contributed by atoms with Crippen molar-refractivity contribution in [3.63, 3.8) is 0 Å². The van der Waals surface area contributed by atoms with Gasteiger partial charge in [-0.3, -0.25) is 19.9 Å². The van der Waals surface area contributed by atoms with Crippen LogP contribution in [0.2, 0.25) is 0 Å². The lowest BCUT2D eigenvalue weighted by atomic mass is 9.99. The van der Waals surface area contributed by atoms with Crippen LogP contribution in [0.3, 0.4) is 0 Å². The monoisotopic (exact) mass is 491 g/mol. The van der Waals surface area contributed by atoms with E-state index in [0.717, 1.165) is 26.1 Å². The highest BCUT2D eigenvalue weighted by Crippen LogP contribution is 2.29. The lowest BCUT2D eigenvalue weighted by Gasteiger charge is -2.35. The van der Waals surface area contributed by atoms with Crippen molar-refractivity contribution in [3.8, 4) is 0 Å². The van der Waals surface area contributed by atoms with Crippen molar-refractivity contribution >= 4 is 58.1 Å². The van der Waals surface area contributed by atoms with Crippen LogP contribution in [0.5, 0.6) is 0 Å². The first-order valence-corrected chi connectivity index (χ1v) is 12.0. The van der Waals surface area contributed by atoms with Crippen LogP contribution in [0.4, 0.5) is 0 Å². The van der Waals surface area contributed by atoms with Crippen LogP contribution in [0, 0.1) is 5.92 Å². The van der Waals surface area contributed by atoms with Gasteiger partial charge in [0.1, 0.15) is 5.69 Å². The van der Waals surface area contributed by atoms with Gasteiger partial charge >= 0.3 is 0 Å². The number of morpholine rings is 1. The second-order valence-corrected chi connectivity index (χ2v) is 9.77. The SMILES string of the molecule is NNC(=O)c1csc(SCC(=O)NC[C@H]2CN(CC3C=C(Cl)C(Cl)=CC3)CCO2)n1. The minimum atomic E-state index is -0.452. The molecule has 8 nitrogen and oxygen atoms in total. The van der Waals surface area contributed by atoms with Gasteiger partial charge in [-0.25, -0.2) is 10.8 Å². The number of nitrogen functional groups attached to an aromatic ring is 1. The highest BCUT2D eigenvalue weighted by molar-refractivity contribution is 8.01. The molecular weight excluding hydrogens is 469 g/mol. The molecule has 1 aromatic rings. The number of hydrogen-bond donors (Lipinski definition) is 3. The van der Waals surface area contributed by atoms with E-state index in [4.69, 9.17) is 33.8 Å². The Morgan fingerprint density at radius 1 is 1.40 bits per heavy atom. The van der Waals surface area contributed by atoms with Crippen LogP contribution in [0.15, 0.2) is 31.9 Å². The van der Waals surface area contributed by atoms with Crippen molar-refractivity contribution in [2.75, 3.05) is 38.5 Å². The molecule has 12 heteroatoms. The van der Waals surface area contributed by atoms with E-state index in [1.807, 2.05) is 17.6 Å². The zero-order chi connectivity index (χ0) is 21.5. The van der Waals surface area contributed by atoms with Crippen LogP contribution in [-0.2, 0) is 9.53 Å². The number of halogens is 2. The number of carbonyl (C=O) groups excluding carboxylic acids is 2. The van der Waals surface area contributed by atoms with Crippen LogP contribution in [-0.4, -0.2) is 66.3 Å². The van der Waals surface area contributed by atoms with Crippen LogP contribution in [0.25, 0.3) is 0 Å². The van der Waals surface area contributed by atoms with E-state index in [9.17, 15) is 9.59 Å². The molecular formula is C18H23Cl2N5O3S2. The van der Waals surface area contributed by atoms with E-state index in [-0.39, 0.29) is 23.5 Å². The molecule has 0 spiro atoms. The number of nitrogens with one attached hydrogen (secondary N) is 2. The average Bonchev–Trinajstić information content (AvgIpc) is 3.22. The number of hydrazine groups is 1. The number of allylic oxidation sites excluding steroid dienone is 3. The van der Waals surface area contributed by atoms with E-state index >= 15 is 0 Å². The Hall–Kier alpha value is -1.14. The quantitative estimate of drug-likeness (QED) is 0.220. The molecule has 164 valence electrons. The van der Waals surface area contributed by atoms with E-state index in [1.54, 1.807) is 5.38 Å². The predicted molar refractivity (Wildman–Crippen MR) is 120 cm³/mol. The zero-order valence-corrected chi connectivity index (χ0v) is 19.3. The van der Waals surface area contributed by atoms with Crippen molar-refractivity contribution < 1.29 is 14.3 Å². The first-order chi connectivity index (χ1) is 14.4. The number of nitrogens with two attached hydrogens (primary N) is 1. The Morgan fingerprint density at radius 3 is 3.00 bits per heavy atom. The number of ether oxygens (including phenoxy) is 1. The molecule has 1 aliphatic carbocycles.